The summed E-state index contributed by atoms with van der Waals surface area (Å²) < 4.78 is 2.23. The van der Waals surface area contributed by atoms with Gasteiger partial charge in [-0.2, -0.15) is 0 Å². The average Bonchev–Trinajstić information content (AvgIpc) is 3.53. The minimum Gasteiger partial charge on any atom is -0.370 e. The molecule has 0 spiro atoms. The zero-order valence-electron chi connectivity index (χ0n) is 21.7. The molecule has 5 nitrogen and oxygen atoms in total. The summed E-state index contributed by atoms with van der Waals surface area (Å²) in [5, 5.41) is 4.99. The number of thiocarbonyl (C=S) groups is 1. The molecule has 0 radical (unpaired) electrons. The van der Waals surface area contributed by atoms with E-state index in [0.29, 0.717) is 16.9 Å². The van der Waals surface area contributed by atoms with Crippen LogP contribution in [0.3, 0.4) is 0 Å². The lowest BCUT2D eigenvalue weighted by Gasteiger charge is -2.37. The standard InChI is InChI=1S/C31H32ClN5S/c1-21-17-22(2)20-35(19-21)27-14-13-24(18-25(27)32)37-30(29(34-31(37)38)26-11-6-7-15-33-26)28-12-8-16-36(28)23-9-4-3-5-10-23/h3-16,18,21-22,29-30H,17,19-20H2,1-2H3,(H,34,38)/t21-,22+,29-,30-/m1/s1. The maximum atomic E-state index is 6.99. The Kier molecular flexibility index (Phi) is 6.85. The highest BCUT2D eigenvalue weighted by Gasteiger charge is 2.42. The minimum absolute atomic E-state index is 0.121. The lowest BCUT2D eigenvalue weighted by atomic mass is 9.91. The molecular formula is C31H32ClN5S. The van der Waals surface area contributed by atoms with E-state index in [0.717, 1.165) is 46.6 Å². The van der Waals surface area contributed by atoms with E-state index in [9.17, 15) is 0 Å². The van der Waals surface area contributed by atoms with E-state index < -0.39 is 0 Å². The molecule has 2 aliphatic heterocycles. The van der Waals surface area contributed by atoms with Crippen LogP contribution in [0.15, 0.2) is 91.3 Å². The summed E-state index contributed by atoms with van der Waals surface area (Å²) >= 11 is 13.0. The highest BCUT2D eigenvalue weighted by Crippen LogP contribution is 2.44. The number of piperidine rings is 1. The Labute approximate surface area is 235 Å². The SMILES string of the molecule is C[C@@H]1C[C@H](C)CN(c2ccc(N3C(=S)N[C@H](c4ccccn4)[C@H]3c3cccn3-c3ccccc3)cc2Cl)C1. The van der Waals surface area contributed by atoms with E-state index >= 15 is 0 Å². The molecule has 4 heterocycles. The van der Waals surface area contributed by atoms with Crippen LogP contribution >= 0.6 is 23.8 Å². The van der Waals surface area contributed by atoms with Crippen molar-refractivity contribution in [2.75, 3.05) is 22.9 Å². The fraction of sp³-hybridized carbons (Fsp3) is 0.290. The summed E-state index contributed by atoms with van der Waals surface area (Å²) in [6.07, 6.45) is 5.20. The minimum atomic E-state index is -0.122. The number of rotatable bonds is 5. The molecule has 2 fully saturated rings. The fourth-order valence-corrected chi connectivity index (χ4v) is 6.79. The Morgan fingerprint density at radius 3 is 2.37 bits per heavy atom. The van der Waals surface area contributed by atoms with Crippen molar-refractivity contribution in [1.29, 1.82) is 0 Å². The molecule has 2 aromatic heterocycles. The van der Waals surface area contributed by atoms with Gasteiger partial charge in [0.1, 0.15) is 6.04 Å². The second kappa shape index (κ2) is 10.4. The molecule has 0 aliphatic carbocycles. The van der Waals surface area contributed by atoms with Crippen LogP contribution in [0, 0.1) is 11.8 Å². The molecule has 4 atom stereocenters. The molecule has 38 heavy (non-hydrogen) atoms. The van der Waals surface area contributed by atoms with Gasteiger partial charge in [-0.3, -0.25) is 4.98 Å². The third kappa shape index (κ3) is 4.67. The Morgan fingerprint density at radius 1 is 0.895 bits per heavy atom. The number of hydrogen-bond acceptors (Lipinski definition) is 3. The van der Waals surface area contributed by atoms with E-state index in [1.54, 1.807) is 0 Å². The topological polar surface area (TPSA) is 36.3 Å². The van der Waals surface area contributed by atoms with Crippen molar-refractivity contribution in [3.05, 3.63) is 108 Å². The average molecular weight is 542 g/mol. The summed E-state index contributed by atoms with van der Waals surface area (Å²) in [7, 11) is 0. The summed E-state index contributed by atoms with van der Waals surface area (Å²) in [5.74, 6) is 1.30. The van der Waals surface area contributed by atoms with Crippen LogP contribution in [0.2, 0.25) is 5.02 Å². The maximum absolute atomic E-state index is 6.99. The third-order valence-electron chi connectivity index (χ3n) is 7.63. The van der Waals surface area contributed by atoms with Crippen LogP contribution in [0.1, 0.15) is 43.7 Å². The predicted molar refractivity (Wildman–Crippen MR) is 160 cm³/mol. The Bertz CT molecular complexity index is 1410. The van der Waals surface area contributed by atoms with Crippen LogP contribution in [0.5, 0.6) is 0 Å². The predicted octanol–water partition coefficient (Wildman–Crippen LogP) is 7.19. The van der Waals surface area contributed by atoms with E-state index in [-0.39, 0.29) is 12.1 Å². The molecule has 194 valence electrons. The lowest BCUT2D eigenvalue weighted by Crippen LogP contribution is -2.38. The monoisotopic (exact) mass is 541 g/mol. The van der Waals surface area contributed by atoms with Gasteiger partial charge in [0.15, 0.2) is 5.11 Å². The molecule has 1 N–H and O–H groups in total. The summed E-state index contributed by atoms with van der Waals surface area (Å²) in [6.45, 7) is 6.71. The van der Waals surface area contributed by atoms with Crippen LogP contribution < -0.4 is 15.1 Å². The molecule has 0 saturated carbocycles. The van der Waals surface area contributed by atoms with Gasteiger partial charge in [0.25, 0.3) is 0 Å². The number of pyridine rings is 1. The summed E-state index contributed by atoms with van der Waals surface area (Å²) in [6, 6.07) is 26.8. The quantitative estimate of drug-likeness (QED) is 0.271. The second-order valence-corrected chi connectivity index (χ2v) is 11.4. The number of aromatic nitrogens is 2. The fourth-order valence-electron chi connectivity index (χ4n) is 6.15. The van der Waals surface area contributed by atoms with E-state index in [2.05, 4.69) is 100 Å². The molecule has 0 bridgehead atoms. The molecular weight excluding hydrogens is 510 g/mol. The molecule has 4 aromatic rings. The van der Waals surface area contributed by atoms with Crippen LogP contribution in [0.25, 0.3) is 5.69 Å². The third-order valence-corrected chi connectivity index (χ3v) is 8.25. The van der Waals surface area contributed by atoms with Crippen LogP contribution in [0.4, 0.5) is 11.4 Å². The molecule has 7 heteroatoms. The number of benzene rings is 2. The smallest absolute Gasteiger partial charge is 0.174 e. The molecule has 2 saturated heterocycles. The lowest BCUT2D eigenvalue weighted by molar-refractivity contribution is 0.357. The number of hydrogen-bond donors (Lipinski definition) is 1. The van der Waals surface area contributed by atoms with Crippen molar-refractivity contribution in [2.45, 2.75) is 32.4 Å². The van der Waals surface area contributed by atoms with E-state index in [4.69, 9.17) is 28.8 Å². The number of halogens is 1. The molecule has 0 unspecified atom stereocenters. The van der Waals surface area contributed by atoms with Gasteiger partial charge in [-0.25, -0.2) is 0 Å². The van der Waals surface area contributed by atoms with Gasteiger partial charge in [-0.15, -0.1) is 0 Å². The Morgan fingerprint density at radius 2 is 1.66 bits per heavy atom. The van der Waals surface area contributed by atoms with Crippen molar-refractivity contribution in [3.63, 3.8) is 0 Å². The first-order chi connectivity index (χ1) is 18.5. The summed E-state index contributed by atoms with van der Waals surface area (Å²) in [5.41, 5.74) is 5.24. The van der Waals surface area contributed by atoms with Gasteiger partial charge in [-0.1, -0.05) is 49.7 Å². The van der Waals surface area contributed by atoms with Gasteiger partial charge < -0.3 is 19.7 Å². The second-order valence-electron chi connectivity index (χ2n) is 10.6. The summed E-state index contributed by atoms with van der Waals surface area (Å²) in [4.78, 5) is 9.33. The molecule has 2 aromatic carbocycles. The van der Waals surface area contributed by atoms with Gasteiger partial charge in [-0.05, 0) is 85.1 Å². The van der Waals surface area contributed by atoms with Crippen molar-refractivity contribution in [1.82, 2.24) is 14.9 Å². The highest BCUT2D eigenvalue weighted by atomic mass is 35.5. The Hall–Kier alpha value is -3.35. The first-order valence-electron chi connectivity index (χ1n) is 13.3. The highest BCUT2D eigenvalue weighted by molar-refractivity contribution is 7.80. The zero-order valence-corrected chi connectivity index (χ0v) is 23.2. The van der Waals surface area contributed by atoms with Gasteiger partial charge in [0.05, 0.1) is 22.4 Å². The van der Waals surface area contributed by atoms with Crippen LogP contribution in [-0.2, 0) is 0 Å². The van der Waals surface area contributed by atoms with E-state index in [1.165, 1.54) is 6.42 Å². The normalized spacial score (nSPS) is 23.5. The number of nitrogens with one attached hydrogen (secondary N) is 1. The van der Waals surface area contributed by atoms with Gasteiger partial charge in [0, 0.05) is 42.6 Å². The maximum Gasteiger partial charge on any atom is 0.174 e. The van der Waals surface area contributed by atoms with Crippen LogP contribution in [-0.4, -0.2) is 27.8 Å². The van der Waals surface area contributed by atoms with Crippen molar-refractivity contribution < 1.29 is 0 Å². The van der Waals surface area contributed by atoms with Gasteiger partial charge in [0.2, 0.25) is 0 Å². The first-order valence-corrected chi connectivity index (χ1v) is 14.1. The molecule has 0 amide bonds. The number of para-hydroxylation sites is 1. The Balaban J connectivity index is 1.42. The molecule has 6 rings (SSSR count). The van der Waals surface area contributed by atoms with E-state index in [1.807, 2.05) is 24.4 Å². The first kappa shape index (κ1) is 25.0. The van der Waals surface area contributed by atoms with Gasteiger partial charge >= 0.3 is 0 Å². The van der Waals surface area contributed by atoms with Crippen molar-refractivity contribution in [3.8, 4) is 5.69 Å². The zero-order chi connectivity index (χ0) is 26.2. The molecule has 2 aliphatic rings. The number of nitrogens with zero attached hydrogens (tertiary/aromatic N) is 4. The number of anilines is 2. The largest absolute Gasteiger partial charge is 0.370 e. The van der Waals surface area contributed by atoms with Crippen molar-refractivity contribution in [2.24, 2.45) is 11.8 Å². The van der Waals surface area contributed by atoms with Crippen molar-refractivity contribution >= 4 is 40.3 Å².